The molecule has 1 saturated heterocycles. The van der Waals surface area contributed by atoms with Crippen molar-refractivity contribution in [1.82, 2.24) is 14.7 Å². The van der Waals surface area contributed by atoms with Crippen LogP contribution in [0.15, 0.2) is 6.20 Å². The molecule has 0 amide bonds. The third kappa shape index (κ3) is 2.81. The van der Waals surface area contributed by atoms with E-state index in [0.717, 1.165) is 18.4 Å². The highest BCUT2D eigenvalue weighted by Gasteiger charge is 2.38. The van der Waals surface area contributed by atoms with Crippen molar-refractivity contribution in [3.63, 3.8) is 0 Å². The lowest BCUT2D eigenvalue weighted by Gasteiger charge is -2.29. The Morgan fingerprint density at radius 1 is 1.37 bits per heavy atom. The van der Waals surface area contributed by atoms with Gasteiger partial charge in [-0.1, -0.05) is 6.42 Å². The maximum Gasteiger partial charge on any atom is 0.0537 e. The molecule has 2 fully saturated rings. The van der Waals surface area contributed by atoms with E-state index in [1.165, 1.54) is 43.6 Å². The van der Waals surface area contributed by atoms with Gasteiger partial charge in [0.25, 0.3) is 0 Å². The summed E-state index contributed by atoms with van der Waals surface area (Å²) >= 11 is 0. The Labute approximate surface area is 121 Å². The number of likely N-dealkylation sites (tertiary alicyclic amines) is 1. The molecule has 0 spiro atoms. The summed E-state index contributed by atoms with van der Waals surface area (Å²) in [5, 5.41) is 4.33. The summed E-state index contributed by atoms with van der Waals surface area (Å²) in [6.45, 7) is 5.60. The van der Waals surface area contributed by atoms with Crippen LogP contribution in [0.2, 0.25) is 0 Å². The molecule has 3 atom stereocenters. The second-order valence-electron chi connectivity index (χ2n) is 6.09. The van der Waals surface area contributed by atoms with Crippen molar-refractivity contribution >= 4 is 12.4 Å². The van der Waals surface area contributed by atoms with Crippen LogP contribution in [0, 0.1) is 18.8 Å². The van der Waals surface area contributed by atoms with Gasteiger partial charge in [0.05, 0.1) is 6.20 Å². The zero-order chi connectivity index (χ0) is 12.7. The Hall–Kier alpha value is -0.580. The smallest absolute Gasteiger partial charge is 0.0537 e. The van der Waals surface area contributed by atoms with Gasteiger partial charge in [-0.3, -0.25) is 9.58 Å². The van der Waals surface area contributed by atoms with Crippen LogP contribution >= 0.6 is 12.4 Å². The first-order valence-electron chi connectivity index (χ1n) is 7.10. The quantitative estimate of drug-likeness (QED) is 0.899. The molecule has 1 aliphatic heterocycles. The van der Waals surface area contributed by atoms with Crippen LogP contribution in [0.25, 0.3) is 0 Å². The van der Waals surface area contributed by atoms with Crippen molar-refractivity contribution in [1.29, 1.82) is 0 Å². The fourth-order valence-electron chi connectivity index (χ4n) is 3.68. The fourth-order valence-corrected chi connectivity index (χ4v) is 3.68. The van der Waals surface area contributed by atoms with E-state index in [0.29, 0.717) is 6.04 Å². The van der Waals surface area contributed by atoms with E-state index in [9.17, 15) is 0 Å². The molecular formula is C14H25ClN4. The molecule has 0 radical (unpaired) electrons. The lowest BCUT2D eigenvalue weighted by atomic mass is 9.78. The third-order valence-corrected chi connectivity index (χ3v) is 4.96. The number of hydrogen-bond acceptors (Lipinski definition) is 3. The van der Waals surface area contributed by atoms with Crippen molar-refractivity contribution in [2.24, 2.45) is 24.6 Å². The summed E-state index contributed by atoms with van der Waals surface area (Å²) in [6.07, 6.45) is 5.93. The van der Waals surface area contributed by atoms with Crippen molar-refractivity contribution in [3.8, 4) is 0 Å². The monoisotopic (exact) mass is 284 g/mol. The summed E-state index contributed by atoms with van der Waals surface area (Å²) in [5.74, 6) is 1.57. The molecular weight excluding hydrogens is 260 g/mol. The van der Waals surface area contributed by atoms with Crippen LogP contribution in [-0.4, -0.2) is 33.8 Å². The van der Waals surface area contributed by atoms with E-state index in [2.05, 4.69) is 16.9 Å². The molecule has 2 N–H and O–H groups in total. The summed E-state index contributed by atoms with van der Waals surface area (Å²) in [4.78, 5) is 2.57. The summed E-state index contributed by atoms with van der Waals surface area (Å²) in [7, 11) is 2.01. The zero-order valence-electron chi connectivity index (χ0n) is 11.9. The molecule has 2 aliphatic rings. The minimum absolute atomic E-state index is 0. The van der Waals surface area contributed by atoms with Crippen molar-refractivity contribution < 1.29 is 0 Å². The fraction of sp³-hybridized carbons (Fsp3) is 0.786. The second kappa shape index (κ2) is 5.81. The minimum atomic E-state index is 0. The van der Waals surface area contributed by atoms with Crippen LogP contribution in [0.1, 0.15) is 30.5 Å². The van der Waals surface area contributed by atoms with Gasteiger partial charge in [-0.05, 0) is 31.6 Å². The lowest BCUT2D eigenvalue weighted by Crippen LogP contribution is -2.38. The molecule has 3 unspecified atom stereocenters. The molecule has 3 rings (SSSR count). The number of aryl methyl sites for hydroxylation is 1. The van der Waals surface area contributed by atoms with Gasteiger partial charge >= 0.3 is 0 Å². The Kier molecular flexibility index (Phi) is 4.54. The van der Waals surface area contributed by atoms with Gasteiger partial charge in [0.2, 0.25) is 0 Å². The number of hydrogen-bond donors (Lipinski definition) is 1. The molecule has 0 aromatic carbocycles. The van der Waals surface area contributed by atoms with E-state index in [4.69, 9.17) is 5.73 Å². The van der Waals surface area contributed by atoms with Crippen LogP contribution in [0.4, 0.5) is 0 Å². The van der Waals surface area contributed by atoms with Crippen LogP contribution < -0.4 is 5.73 Å². The molecule has 1 aliphatic carbocycles. The van der Waals surface area contributed by atoms with Gasteiger partial charge in [0.1, 0.15) is 0 Å². The van der Waals surface area contributed by atoms with Crippen molar-refractivity contribution in [2.45, 2.75) is 38.8 Å². The van der Waals surface area contributed by atoms with Crippen molar-refractivity contribution in [2.75, 3.05) is 13.1 Å². The molecule has 1 aromatic rings. The first-order valence-corrected chi connectivity index (χ1v) is 7.10. The summed E-state index contributed by atoms with van der Waals surface area (Å²) in [6, 6.07) is 0.434. The summed E-state index contributed by atoms with van der Waals surface area (Å²) < 4.78 is 1.96. The van der Waals surface area contributed by atoms with E-state index in [1.807, 2.05) is 17.9 Å². The maximum atomic E-state index is 6.27. The standard InChI is InChI=1S/C14H24N4.ClH/c1-10-12(6-16-17(10)2)8-18-7-11-4-3-5-14(15)13(11)9-18;/h6,11,13-14H,3-5,7-9,15H2,1-2H3;1H. The topological polar surface area (TPSA) is 47.1 Å². The second-order valence-corrected chi connectivity index (χ2v) is 6.09. The average molecular weight is 285 g/mol. The highest BCUT2D eigenvalue weighted by Crippen LogP contribution is 2.36. The molecule has 4 nitrogen and oxygen atoms in total. The number of rotatable bonds is 2. The highest BCUT2D eigenvalue weighted by molar-refractivity contribution is 5.85. The third-order valence-electron chi connectivity index (χ3n) is 4.96. The molecule has 19 heavy (non-hydrogen) atoms. The highest BCUT2D eigenvalue weighted by atomic mass is 35.5. The van der Waals surface area contributed by atoms with Crippen LogP contribution in [0.3, 0.4) is 0 Å². The van der Waals surface area contributed by atoms with Gasteiger partial charge in [-0.15, -0.1) is 12.4 Å². The van der Waals surface area contributed by atoms with E-state index < -0.39 is 0 Å². The van der Waals surface area contributed by atoms with E-state index in [1.54, 1.807) is 0 Å². The number of aromatic nitrogens is 2. The van der Waals surface area contributed by atoms with Gasteiger partial charge in [-0.2, -0.15) is 5.10 Å². The van der Waals surface area contributed by atoms with Crippen molar-refractivity contribution in [3.05, 3.63) is 17.5 Å². The van der Waals surface area contributed by atoms with Gasteiger partial charge < -0.3 is 5.73 Å². The Morgan fingerprint density at radius 3 is 2.79 bits per heavy atom. The Balaban J connectivity index is 0.00000133. The largest absolute Gasteiger partial charge is 0.327 e. The van der Waals surface area contributed by atoms with Gasteiger partial charge in [-0.25, -0.2) is 0 Å². The zero-order valence-corrected chi connectivity index (χ0v) is 12.7. The molecule has 0 bridgehead atoms. The lowest BCUT2D eigenvalue weighted by molar-refractivity contribution is 0.259. The van der Waals surface area contributed by atoms with Crippen LogP contribution in [-0.2, 0) is 13.6 Å². The summed E-state index contributed by atoms with van der Waals surface area (Å²) in [5.41, 5.74) is 8.92. The molecule has 1 aromatic heterocycles. The number of fused-ring (bicyclic) bond motifs is 1. The predicted octanol–water partition coefficient (Wildman–Crippen LogP) is 1.71. The normalized spacial score (nSPS) is 31.0. The van der Waals surface area contributed by atoms with E-state index >= 15 is 0 Å². The van der Waals surface area contributed by atoms with E-state index in [-0.39, 0.29) is 12.4 Å². The minimum Gasteiger partial charge on any atom is -0.327 e. The molecule has 1 saturated carbocycles. The number of nitrogens with two attached hydrogens (primary N) is 1. The number of nitrogens with zero attached hydrogens (tertiary/aromatic N) is 3. The SMILES string of the molecule is Cc1c(CN2CC3CCCC(N)C3C2)cnn1C.Cl. The number of halogens is 1. The predicted molar refractivity (Wildman–Crippen MR) is 79.3 cm³/mol. The maximum absolute atomic E-state index is 6.27. The molecule has 5 heteroatoms. The first kappa shape index (κ1) is 14.8. The van der Waals surface area contributed by atoms with Crippen LogP contribution in [0.5, 0.6) is 0 Å². The first-order chi connectivity index (χ1) is 8.65. The Bertz CT molecular complexity index is 431. The molecule has 108 valence electrons. The van der Waals surface area contributed by atoms with Gasteiger partial charge in [0, 0.05) is 44.0 Å². The van der Waals surface area contributed by atoms with Gasteiger partial charge in [0.15, 0.2) is 0 Å². The molecule has 2 heterocycles. The average Bonchev–Trinajstić information content (AvgIpc) is 2.89. The Morgan fingerprint density at radius 2 is 2.16 bits per heavy atom.